The number of rotatable bonds is 6. The molecule has 74 valence electrons. The lowest BCUT2D eigenvalue weighted by molar-refractivity contribution is 0.158. The Bertz CT molecular complexity index is 148. The Morgan fingerprint density at radius 3 is 2.50 bits per heavy atom. The van der Waals surface area contributed by atoms with Crippen LogP contribution in [-0.2, 0) is 10.8 Å². The van der Waals surface area contributed by atoms with Gasteiger partial charge in [0.25, 0.3) is 0 Å². The minimum atomic E-state index is -0.721. The van der Waals surface area contributed by atoms with Crippen molar-refractivity contribution in [1.82, 2.24) is 5.32 Å². The van der Waals surface area contributed by atoms with Crippen LogP contribution in [0.3, 0.4) is 0 Å². The van der Waals surface area contributed by atoms with Crippen LogP contribution in [0.2, 0.25) is 0 Å². The van der Waals surface area contributed by atoms with E-state index >= 15 is 0 Å². The molecule has 3 nitrogen and oxygen atoms in total. The monoisotopic (exact) mass is 193 g/mol. The number of hydrogen-bond donors (Lipinski definition) is 2. The zero-order chi connectivity index (χ0) is 9.61. The van der Waals surface area contributed by atoms with E-state index in [1.165, 1.54) is 0 Å². The van der Waals surface area contributed by atoms with Gasteiger partial charge in [-0.1, -0.05) is 13.8 Å². The van der Waals surface area contributed by atoms with E-state index in [0.29, 0.717) is 5.75 Å². The maximum absolute atomic E-state index is 10.7. The van der Waals surface area contributed by atoms with Crippen molar-refractivity contribution in [1.29, 1.82) is 0 Å². The van der Waals surface area contributed by atoms with E-state index in [4.69, 9.17) is 5.11 Å². The highest BCUT2D eigenvalue weighted by atomic mass is 32.2. The first kappa shape index (κ1) is 12.1. The van der Waals surface area contributed by atoms with Crippen molar-refractivity contribution < 1.29 is 9.32 Å². The first-order valence-corrected chi connectivity index (χ1v) is 5.82. The van der Waals surface area contributed by atoms with E-state index < -0.39 is 10.8 Å². The highest BCUT2D eigenvalue weighted by Crippen LogP contribution is 2.10. The molecule has 0 heterocycles. The van der Waals surface area contributed by atoms with Crippen LogP contribution in [0.4, 0.5) is 0 Å². The molecule has 0 saturated heterocycles. The zero-order valence-electron chi connectivity index (χ0n) is 8.09. The van der Waals surface area contributed by atoms with Crippen LogP contribution in [0.5, 0.6) is 0 Å². The smallest absolute Gasteiger partial charge is 0.0494 e. The van der Waals surface area contributed by atoms with Gasteiger partial charge in [0.05, 0.1) is 0 Å². The molecule has 1 atom stereocenters. The minimum absolute atomic E-state index is 0.0742. The predicted octanol–water partition coefficient (Wildman–Crippen LogP) is -0.0270. The van der Waals surface area contributed by atoms with Crippen molar-refractivity contribution in [2.45, 2.75) is 13.8 Å². The van der Waals surface area contributed by atoms with Gasteiger partial charge in [-0.15, -0.1) is 0 Å². The van der Waals surface area contributed by atoms with E-state index in [0.717, 1.165) is 13.1 Å². The average Bonchev–Trinajstić information content (AvgIpc) is 1.98. The summed E-state index contributed by atoms with van der Waals surface area (Å²) in [7, 11) is -0.721. The fourth-order valence-electron chi connectivity index (χ4n) is 0.699. The summed E-state index contributed by atoms with van der Waals surface area (Å²) in [5, 5.41) is 12.1. The van der Waals surface area contributed by atoms with E-state index in [-0.39, 0.29) is 12.0 Å². The van der Waals surface area contributed by atoms with Gasteiger partial charge in [0.2, 0.25) is 0 Å². The summed E-state index contributed by atoms with van der Waals surface area (Å²) in [5.41, 5.74) is -0.0742. The number of aliphatic hydroxyl groups excluding tert-OH is 1. The summed E-state index contributed by atoms with van der Waals surface area (Å²) in [4.78, 5) is 0. The Hall–Kier alpha value is 0.0700. The van der Waals surface area contributed by atoms with Crippen LogP contribution in [0.25, 0.3) is 0 Å². The molecule has 1 unspecified atom stereocenters. The maximum Gasteiger partial charge on any atom is 0.0494 e. The van der Waals surface area contributed by atoms with Crippen molar-refractivity contribution in [2.24, 2.45) is 5.41 Å². The molecule has 0 radical (unpaired) electrons. The SMILES string of the molecule is CS(=O)CCNCC(C)(C)CO. The second-order valence-corrected chi connectivity index (χ2v) is 5.33. The summed E-state index contributed by atoms with van der Waals surface area (Å²) in [6.07, 6.45) is 1.69. The van der Waals surface area contributed by atoms with Crippen molar-refractivity contribution in [3.63, 3.8) is 0 Å². The Balaban J connectivity index is 3.37. The molecule has 0 aromatic heterocycles. The van der Waals surface area contributed by atoms with Gasteiger partial charge in [0.15, 0.2) is 0 Å². The Labute approximate surface area is 77.0 Å². The quantitative estimate of drug-likeness (QED) is 0.583. The van der Waals surface area contributed by atoms with Gasteiger partial charge < -0.3 is 10.4 Å². The van der Waals surface area contributed by atoms with Crippen molar-refractivity contribution in [3.05, 3.63) is 0 Å². The van der Waals surface area contributed by atoms with Crippen LogP contribution in [0.1, 0.15) is 13.8 Å². The molecule has 0 bridgehead atoms. The van der Waals surface area contributed by atoms with Crippen molar-refractivity contribution >= 4 is 10.8 Å². The fourth-order valence-corrected chi connectivity index (χ4v) is 1.13. The molecule has 4 heteroatoms. The van der Waals surface area contributed by atoms with Gasteiger partial charge >= 0.3 is 0 Å². The van der Waals surface area contributed by atoms with Gasteiger partial charge in [-0.05, 0) is 0 Å². The van der Waals surface area contributed by atoms with E-state index in [2.05, 4.69) is 5.32 Å². The first-order valence-electron chi connectivity index (χ1n) is 4.09. The van der Waals surface area contributed by atoms with E-state index in [1.54, 1.807) is 6.26 Å². The summed E-state index contributed by atoms with van der Waals surface area (Å²) in [6, 6.07) is 0. The standard InChI is InChI=1S/C8H19NO2S/c1-8(2,7-10)6-9-4-5-12(3)11/h9-10H,4-7H2,1-3H3. The lowest BCUT2D eigenvalue weighted by Crippen LogP contribution is -2.34. The van der Waals surface area contributed by atoms with E-state index in [1.807, 2.05) is 13.8 Å². The molecule has 0 aromatic carbocycles. The first-order chi connectivity index (χ1) is 5.48. The van der Waals surface area contributed by atoms with Crippen LogP contribution in [0, 0.1) is 5.41 Å². The Kier molecular flexibility index (Phi) is 5.70. The lowest BCUT2D eigenvalue weighted by Gasteiger charge is -2.21. The third kappa shape index (κ3) is 6.76. The fraction of sp³-hybridized carbons (Fsp3) is 1.00. The number of nitrogens with one attached hydrogen (secondary N) is 1. The van der Waals surface area contributed by atoms with Gasteiger partial charge in [-0.3, -0.25) is 4.21 Å². The minimum Gasteiger partial charge on any atom is -0.396 e. The van der Waals surface area contributed by atoms with Gasteiger partial charge in [-0.2, -0.15) is 0 Å². The molecular formula is C8H19NO2S. The van der Waals surface area contributed by atoms with Crippen molar-refractivity contribution in [3.8, 4) is 0 Å². The van der Waals surface area contributed by atoms with Crippen LogP contribution >= 0.6 is 0 Å². The molecule has 12 heavy (non-hydrogen) atoms. The summed E-state index contributed by atoms with van der Waals surface area (Å²) >= 11 is 0. The Morgan fingerprint density at radius 2 is 2.08 bits per heavy atom. The second-order valence-electron chi connectivity index (χ2n) is 3.78. The normalized spacial score (nSPS) is 14.7. The third-order valence-corrected chi connectivity index (χ3v) is 2.38. The topological polar surface area (TPSA) is 49.3 Å². The molecule has 0 saturated carbocycles. The summed E-state index contributed by atoms with van der Waals surface area (Å²) in [6.45, 7) is 5.67. The molecular weight excluding hydrogens is 174 g/mol. The zero-order valence-corrected chi connectivity index (χ0v) is 8.91. The summed E-state index contributed by atoms with van der Waals surface area (Å²) in [5.74, 6) is 0.682. The number of hydrogen-bond acceptors (Lipinski definition) is 3. The molecule has 0 spiro atoms. The maximum atomic E-state index is 10.7. The average molecular weight is 193 g/mol. The van der Waals surface area contributed by atoms with Gasteiger partial charge in [0, 0.05) is 47.9 Å². The van der Waals surface area contributed by atoms with Crippen LogP contribution < -0.4 is 5.32 Å². The third-order valence-electron chi connectivity index (χ3n) is 1.60. The number of aliphatic hydroxyl groups is 1. The molecule has 0 amide bonds. The molecule has 0 aromatic rings. The molecule has 2 N–H and O–H groups in total. The van der Waals surface area contributed by atoms with E-state index in [9.17, 15) is 4.21 Å². The molecule has 0 aliphatic rings. The predicted molar refractivity (Wildman–Crippen MR) is 52.7 cm³/mol. The molecule has 0 aliphatic carbocycles. The highest BCUT2D eigenvalue weighted by Gasteiger charge is 2.14. The highest BCUT2D eigenvalue weighted by molar-refractivity contribution is 7.84. The molecule has 0 rings (SSSR count). The summed E-state index contributed by atoms with van der Waals surface area (Å²) < 4.78 is 10.7. The second kappa shape index (κ2) is 5.67. The van der Waals surface area contributed by atoms with Crippen LogP contribution in [0.15, 0.2) is 0 Å². The van der Waals surface area contributed by atoms with Crippen LogP contribution in [-0.4, -0.2) is 41.0 Å². The molecule has 0 fully saturated rings. The largest absolute Gasteiger partial charge is 0.396 e. The lowest BCUT2D eigenvalue weighted by atomic mass is 9.95. The van der Waals surface area contributed by atoms with Gasteiger partial charge in [0.1, 0.15) is 0 Å². The molecule has 0 aliphatic heterocycles. The Morgan fingerprint density at radius 1 is 1.50 bits per heavy atom. The van der Waals surface area contributed by atoms with Gasteiger partial charge in [-0.25, -0.2) is 0 Å². The van der Waals surface area contributed by atoms with Crippen molar-refractivity contribution in [2.75, 3.05) is 31.7 Å².